The predicted molar refractivity (Wildman–Crippen MR) is 93.2 cm³/mol. The second-order valence-electron chi connectivity index (χ2n) is 5.39. The normalized spacial score (nSPS) is 16.1. The average Bonchev–Trinajstić information content (AvgIpc) is 2.55. The number of alkyl carbamates (subject to hydrolysis) is 1. The van der Waals surface area contributed by atoms with Gasteiger partial charge in [0.1, 0.15) is 13.0 Å². The van der Waals surface area contributed by atoms with Crippen LogP contribution in [-0.4, -0.2) is 24.4 Å². The minimum atomic E-state index is -0.430. The second kappa shape index (κ2) is 7.75. The summed E-state index contributed by atoms with van der Waals surface area (Å²) in [6.07, 6.45) is 3.02. The van der Waals surface area contributed by atoms with Crippen molar-refractivity contribution in [3.63, 3.8) is 0 Å². The third-order valence-electron chi connectivity index (χ3n) is 2.38. The zero-order chi connectivity index (χ0) is 14.5. The minimum absolute atomic E-state index is 0.320. The maximum Gasteiger partial charge on any atom is 0.407 e. The first-order chi connectivity index (χ1) is 8.78. The topological polar surface area (TPSA) is 62.4 Å². The Hall–Kier alpha value is 0.0700. The Kier molecular flexibility index (Phi) is 6.98. The summed E-state index contributed by atoms with van der Waals surface area (Å²) in [6.45, 7) is 6.24. The fourth-order valence-corrected chi connectivity index (χ4v) is 2.65. The summed E-state index contributed by atoms with van der Waals surface area (Å²) in [6, 6.07) is 0. The van der Waals surface area contributed by atoms with Crippen molar-refractivity contribution in [2.45, 2.75) is 51.8 Å². The molecule has 0 aromatic carbocycles. The van der Waals surface area contributed by atoms with Crippen LogP contribution in [0.3, 0.4) is 0 Å². The third-order valence-corrected chi connectivity index (χ3v) is 5.12. The van der Waals surface area contributed by atoms with Crippen molar-refractivity contribution < 1.29 is 9.53 Å². The molecule has 1 aliphatic heterocycles. The molecule has 0 unspecified atom stereocenters. The number of hydrogen-bond acceptors (Lipinski definition) is 4. The summed E-state index contributed by atoms with van der Waals surface area (Å²) in [5.41, 5.74) is -0.430. The van der Waals surface area contributed by atoms with Crippen LogP contribution >= 0.6 is 45.2 Å². The summed E-state index contributed by atoms with van der Waals surface area (Å²) in [5, 5.41) is 9.51. The molecule has 0 fully saturated rings. The number of carbonyl (C=O) groups is 1. The zero-order valence-corrected chi connectivity index (χ0v) is 15.8. The number of unbranched alkanes of at least 4 members (excludes halogenated alkanes) is 1. The molecule has 5 nitrogen and oxygen atoms in total. The molecule has 0 radical (unpaired) electrons. The monoisotopic (exact) mass is 493 g/mol. The molecular formula is C12H21I2N3O2. The Morgan fingerprint density at radius 1 is 1.26 bits per heavy atom. The van der Waals surface area contributed by atoms with Gasteiger partial charge in [-0.15, -0.1) is 0 Å². The minimum Gasteiger partial charge on any atom is -0.444 e. The van der Waals surface area contributed by atoms with E-state index < -0.39 is 5.60 Å². The van der Waals surface area contributed by atoms with Gasteiger partial charge in [-0.2, -0.15) is 0 Å². The van der Waals surface area contributed by atoms with Gasteiger partial charge in [-0.25, -0.2) is 4.79 Å². The number of halogens is 2. The molecule has 3 N–H and O–H groups in total. The van der Waals surface area contributed by atoms with Crippen LogP contribution in [0.1, 0.15) is 40.0 Å². The van der Waals surface area contributed by atoms with Gasteiger partial charge in [0, 0.05) is 6.54 Å². The molecule has 7 heteroatoms. The lowest BCUT2D eigenvalue weighted by molar-refractivity contribution is 0.0527. The van der Waals surface area contributed by atoms with Crippen molar-refractivity contribution in [1.82, 2.24) is 16.0 Å². The lowest BCUT2D eigenvalue weighted by Crippen LogP contribution is -2.34. The van der Waals surface area contributed by atoms with E-state index in [1.54, 1.807) is 0 Å². The first kappa shape index (κ1) is 17.1. The molecule has 1 amide bonds. The van der Waals surface area contributed by atoms with Crippen molar-refractivity contribution in [2.75, 3.05) is 6.54 Å². The summed E-state index contributed by atoms with van der Waals surface area (Å²) in [5.74, 6) is 0. The number of carbonyl (C=O) groups excluding carboxylic acids is 1. The largest absolute Gasteiger partial charge is 0.444 e. The van der Waals surface area contributed by atoms with Gasteiger partial charge in [0.15, 0.2) is 0 Å². The quantitative estimate of drug-likeness (QED) is 0.313. The van der Waals surface area contributed by atoms with Crippen LogP contribution in [0.25, 0.3) is 0 Å². The molecule has 0 saturated carbocycles. The molecule has 1 heterocycles. The molecule has 0 aliphatic carbocycles. The molecule has 0 aromatic heterocycles. The van der Waals surface area contributed by atoms with Gasteiger partial charge >= 0.3 is 6.09 Å². The summed E-state index contributed by atoms with van der Waals surface area (Å²) in [7, 11) is 0. The number of nitrogens with one attached hydrogen (secondary N) is 3. The Bertz CT molecular complexity index is 339. The summed E-state index contributed by atoms with van der Waals surface area (Å²) >= 11 is 4.58. The van der Waals surface area contributed by atoms with E-state index >= 15 is 0 Å². The Balaban J connectivity index is 2.02. The van der Waals surface area contributed by atoms with Crippen LogP contribution in [0.4, 0.5) is 4.79 Å². The van der Waals surface area contributed by atoms with Crippen molar-refractivity contribution >= 4 is 51.3 Å². The summed E-state index contributed by atoms with van der Waals surface area (Å²) in [4.78, 5) is 11.4. The van der Waals surface area contributed by atoms with Gasteiger partial charge in [0.05, 0.1) is 6.17 Å². The van der Waals surface area contributed by atoms with E-state index in [4.69, 9.17) is 4.74 Å². The molecule has 1 rings (SSSR count). The lowest BCUT2D eigenvalue weighted by Gasteiger charge is -2.19. The van der Waals surface area contributed by atoms with Crippen molar-refractivity contribution in [1.29, 1.82) is 0 Å². The van der Waals surface area contributed by atoms with Crippen LogP contribution in [-0.2, 0) is 4.74 Å². The summed E-state index contributed by atoms with van der Waals surface area (Å²) < 4.78 is 7.51. The SMILES string of the molecule is CC(C)(C)OC(=O)NCCCCC1NC(I)=C(I)N1. The van der Waals surface area contributed by atoms with E-state index in [1.165, 1.54) is 7.41 Å². The zero-order valence-electron chi connectivity index (χ0n) is 11.5. The number of hydrogen-bond donors (Lipinski definition) is 3. The van der Waals surface area contributed by atoms with Crippen molar-refractivity contribution in [2.24, 2.45) is 0 Å². The number of amides is 1. The van der Waals surface area contributed by atoms with Crippen molar-refractivity contribution in [3.05, 3.63) is 7.41 Å². The molecule has 0 spiro atoms. The highest BCUT2D eigenvalue weighted by Gasteiger charge is 2.18. The van der Waals surface area contributed by atoms with Gasteiger partial charge in [0.25, 0.3) is 0 Å². The molecule has 0 saturated heterocycles. The highest BCUT2D eigenvalue weighted by atomic mass is 127. The number of rotatable bonds is 5. The molecular weight excluding hydrogens is 472 g/mol. The highest BCUT2D eigenvalue weighted by Crippen LogP contribution is 2.21. The van der Waals surface area contributed by atoms with Gasteiger partial charge in [-0.3, -0.25) is 0 Å². The standard InChI is InChI=1S/C12H21I2N3O2/c1-12(2,3)19-11(18)15-7-5-4-6-8-16-9(13)10(14)17-8/h8,16-17H,4-7H2,1-3H3,(H,15,18). The maximum absolute atomic E-state index is 11.4. The third kappa shape index (κ3) is 7.42. The highest BCUT2D eigenvalue weighted by molar-refractivity contribution is 14.1. The number of ether oxygens (including phenoxy) is 1. The molecule has 110 valence electrons. The molecule has 0 atom stereocenters. The average molecular weight is 493 g/mol. The Morgan fingerprint density at radius 3 is 2.37 bits per heavy atom. The predicted octanol–water partition coefficient (Wildman–Crippen LogP) is 3.20. The maximum atomic E-state index is 11.4. The van der Waals surface area contributed by atoms with Gasteiger partial charge in [-0.1, -0.05) is 0 Å². The lowest BCUT2D eigenvalue weighted by atomic mass is 10.2. The fourth-order valence-electron chi connectivity index (χ4n) is 1.59. The van der Waals surface area contributed by atoms with Gasteiger partial charge < -0.3 is 20.7 Å². The van der Waals surface area contributed by atoms with E-state index in [9.17, 15) is 4.79 Å². The van der Waals surface area contributed by atoms with E-state index in [2.05, 4.69) is 61.1 Å². The first-order valence-electron chi connectivity index (χ1n) is 6.33. The van der Waals surface area contributed by atoms with Crippen LogP contribution in [0, 0.1) is 0 Å². The van der Waals surface area contributed by atoms with Gasteiger partial charge in [-0.05, 0) is 85.2 Å². The molecule has 0 aromatic rings. The van der Waals surface area contributed by atoms with E-state index in [-0.39, 0.29) is 6.09 Å². The fraction of sp³-hybridized carbons (Fsp3) is 0.750. The van der Waals surface area contributed by atoms with E-state index in [0.29, 0.717) is 12.7 Å². The Labute approximate surface area is 142 Å². The van der Waals surface area contributed by atoms with Gasteiger partial charge in [0.2, 0.25) is 0 Å². The smallest absolute Gasteiger partial charge is 0.407 e. The molecule has 0 bridgehead atoms. The van der Waals surface area contributed by atoms with Crippen LogP contribution < -0.4 is 16.0 Å². The van der Waals surface area contributed by atoms with Crippen LogP contribution in [0.2, 0.25) is 0 Å². The van der Waals surface area contributed by atoms with Crippen molar-refractivity contribution in [3.8, 4) is 0 Å². The first-order valence-corrected chi connectivity index (χ1v) is 8.49. The van der Waals surface area contributed by atoms with Crippen LogP contribution in [0.5, 0.6) is 0 Å². The molecule has 19 heavy (non-hydrogen) atoms. The van der Waals surface area contributed by atoms with E-state index in [1.807, 2.05) is 20.8 Å². The Morgan fingerprint density at radius 2 is 1.84 bits per heavy atom. The molecule has 1 aliphatic rings. The van der Waals surface area contributed by atoms with Crippen LogP contribution in [0.15, 0.2) is 7.41 Å². The second-order valence-corrected chi connectivity index (χ2v) is 7.55. The van der Waals surface area contributed by atoms with E-state index in [0.717, 1.165) is 19.3 Å².